The second-order valence-electron chi connectivity index (χ2n) is 6.32. The van der Waals surface area contributed by atoms with E-state index in [9.17, 15) is 9.59 Å². The summed E-state index contributed by atoms with van der Waals surface area (Å²) in [6, 6.07) is 0.127. The zero-order valence-electron chi connectivity index (χ0n) is 13.2. The molecule has 5 heteroatoms. The number of carbonyl (C=O) groups is 1. The molecule has 5 nitrogen and oxygen atoms in total. The molecule has 1 aliphatic carbocycles. The van der Waals surface area contributed by atoms with E-state index in [1.807, 2.05) is 6.92 Å². The SMILES string of the molecule is Cc1nc(=O)n(C2CCCC(C)C2C)c(C)c1CC(=O)O. The van der Waals surface area contributed by atoms with Crippen LogP contribution in [0.2, 0.25) is 0 Å². The summed E-state index contributed by atoms with van der Waals surface area (Å²) in [7, 11) is 0. The van der Waals surface area contributed by atoms with E-state index in [-0.39, 0.29) is 18.2 Å². The third kappa shape index (κ3) is 3.01. The second kappa shape index (κ2) is 6.00. The first-order chi connectivity index (χ1) is 9.82. The van der Waals surface area contributed by atoms with Gasteiger partial charge in [0.2, 0.25) is 0 Å². The first-order valence-corrected chi connectivity index (χ1v) is 7.63. The van der Waals surface area contributed by atoms with E-state index in [0.717, 1.165) is 18.5 Å². The van der Waals surface area contributed by atoms with Crippen LogP contribution in [0.3, 0.4) is 0 Å². The van der Waals surface area contributed by atoms with Crippen molar-refractivity contribution in [2.75, 3.05) is 0 Å². The first kappa shape index (κ1) is 15.7. The zero-order valence-corrected chi connectivity index (χ0v) is 13.2. The third-order valence-electron chi connectivity index (χ3n) is 5.03. The monoisotopic (exact) mass is 292 g/mol. The minimum absolute atomic E-state index is 0.0817. The second-order valence-corrected chi connectivity index (χ2v) is 6.32. The number of carboxylic acid groups (broad SMARTS) is 1. The summed E-state index contributed by atoms with van der Waals surface area (Å²) in [5.41, 5.74) is 1.73. The highest BCUT2D eigenvalue weighted by Gasteiger charge is 2.31. The number of hydrogen-bond donors (Lipinski definition) is 1. The normalized spacial score (nSPS) is 25.8. The molecule has 0 radical (unpaired) electrons. The lowest BCUT2D eigenvalue weighted by molar-refractivity contribution is -0.136. The molecule has 21 heavy (non-hydrogen) atoms. The van der Waals surface area contributed by atoms with Crippen LogP contribution in [0.15, 0.2) is 4.79 Å². The molecule has 1 fully saturated rings. The molecule has 1 aromatic rings. The Kier molecular flexibility index (Phi) is 4.49. The summed E-state index contributed by atoms with van der Waals surface area (Å²) in [5, 5.41) is 9.07. The maximum Gasteiger partial charge on any atom is 0.348 e. The van der Waals surface area contributed by atoms with E-state index in [0.29, 0.717) is 23.1 Å². The highest BCUT2D eigenvalue weighted by Crippen LogP contribution is 2.37. The molecule has 2 rings (SSSR count). The first-order valence-electron chi connectivity index (χ1n) is 7.63. The van der Waals surface area contributed by atoms with Gasteiger partial charge in [-0.3, -0.25) is 9.36 Å². The lowest BCUT2D eigenvalue weighted by Gasteiger charge is -2.36. The van der Waals surface area contributed by atoms with Crippen LogP contribution in [0.25, 0.3) is 0 Å². The van der Waals surface area contributed by atoms with Crippen molar-refractivity contribution in [2.45, 2.75) is 59.4 Å². The van der Waals surface area contributed by atoms with Gasteiger partial charge in [-0.15, -0.1) is 0 Å². The molecule has 1 aliphatic rings. The van der Waals surface area contributed by atoms with Crippen molar-refractivity contribution in [3.05, 3.63) is 27.4 Å². The van der Waals surface area contributed by atoms with Crippen LogP contribution < -0.4 is 5.69 Å². The van der Waals surface area contributed by atoms with Gasteiger partial charge in [0.15, 0.2) is 0 Å². The Bertz CT molecular complexity index is 606. The van der Waals surface area contributed by atoms with Crippen molar-refractivity contribution in [3.63, 3.8) is 0 Å². The maximum absolute atomic E-state index is 12.4. The number of aromatic nitrogens is 2. The molecule has 3 unspecified atom stereocenters. The van der Waals surface area contributed by atoms with Crippen LogP contribution in [0, 0.1) is 25.7 Å². The van der Waals surface area contributed by atoms with Crippen molar-refractivity contribution >= 4 is 5.97 Å². The Labute approximate surface area is 125 Å². The molecule has 0 spiro atoms. The smallest absolute Gasteiger partial charge is 0.348 e. The molecule has 0 saturated heterocycles. The van der Waals surface area contributed by atoms with Gasteiger partial charge in [-0.2, -0.15) is 4.98 Å². The lowest BCUT2D eigenvalue weighted by Crippen LogP contribution is -2.37. The third-order valence-corrected chi connectivity index (χ3v) is 5.03. The summed E-state index contributed by atoms with van der Waals surface area (Å²) in [4.78, 5) is 27.5. The molecule has 0 aliphatic heterocycles. The van der Waals surface area contributed by atoms with E-state index >= 15 is 0 Å². The zero-order chi connectivity index (χ0) is 15.7. The van der Waals surface area contributed by atoms with Crippen molar-refractivity contribution in [1.82, 2.24) is 9.55 Å². The van der Waals surface area contributed by atoms with E-state index in [4.69, 9.17) is 5.11 Å². The molecule has 3 atom stereocenters. The van der Waals surface area contributed by atoms with E-state index in [2.05, 4.69) is 18.8 Å². The van der Waals surface area contributed by atoms with E-state index < -0.39 is 5.97 Å². The minimum Gasteiger partial charge on any atom is -0.481 e. The minimum atomic E-state index is -0.891. The van der Waals surface area contributed by atoms with Crippen molar-refractivity contribution in [1.29, 1.82) is 0 Å². The highest BCUT2D eigenvalue weighted by atomic mass is 16.4. The van der Waals surface area contributed by atoms with E-state index in [1.165, 1.54) is 6.42 Å². The van der Waals surface area contributed by atoms with Gasteiger partial charge in [0.25, 0.3) is 0 Å². The van der Waals surface area contributed by atoms with Gasteiger partial charge < -0.3 is 5.11 Å². The van der Waals surface area contributed by atoms with Crippen LogP contribution in [-0.2, 0) is 11.2 Å². The largest absolute Gasteiger partial charge is 0.481 e. The average molecular weight is 292 g/mol. The summed E-state index contributed by atoms with van der Waals surface area (Å²) in [6.45, 7) is 7.96. The fraction of sp³-hybridized carbons (Fsp3) is 0.688. The quantitative estimate of drug-likeness (QED) is 0.929. The fourth-order valence-corrected chi connectivity index (χ4v) is 3.53. The molecule has 116 valence electrons. The number of carboxylic acids is 1. The Morgan fingerprint density at radius 2 is 2.00 bits per heavy atom. The summed E-state index contributed by atoms with van der Waals surface area (Å²) >= 11 is 0. The Morgan fingerprint density at radius 3 is 2.62 bits per heavy atom. The standard InChI is InChI=1S/C16H24N2O3/c1-9-6-5-7-14(10(9)2)18-12(4)13(8-15(19)20)11(3)17-16(18)21/h9-10,14H,5-8H2,1-4H3,(H,19,20). The van der Waals surface area contributed by atoms with Crippen LogP contribution >= 0.6 is 0 Å². The molecule has 1 aromatic heterocycles. The van der Waals surface area contributed by atoms with Crippen LogP contribution in [0.5, 0.6) is 0 Å². The average Bonchev–Trinajstić information content (AvgIpc) is 2.39. The van der Waals surface area contributed by atoms with Gasteiger partial charge in [-0.1, -0.05) is 26.7 Å². The van der Waals surface area contributed by atoms with Crippen molar-refractivity contribution in [3.8, 4) is 0 Å². The number of aliphatic carboxylic acids is 1. The highest BCUT2D eigenvalue weighted by molar-refractivity contribution is 5.70. The molecular weight excluding hydrogens is 268 g/mol. The van der Waals surface area contributed by atoms with Crippen molar-refractivity contribution < 1.29 is 9.90 Å². The van der Waals surface area contributed by atoms with Gasteiger partial charge in [0.1, 0.15) is 0 Å². The Balaban J connectivity index is 2.53. The number of hydrogen-bond acceptors (Lipinski definition) is 3. The molecule has 1 heterocycles. The van der Waals surface area contributed by atoms with Crippen molar-refractivity contribution in [2.24, 2.45) is 11.8 Å². The number of nitrogens with zero attached hydrogens (tertiary/aromatic N) is 2. The molecule has 1 N–H and O–H groups in total. The van der Waals surface area contributed by atoms with E-state index in [1.54, 1.807) is 11.5 Å². The Hall–Kier alpha value is -1.65. The maximum atomic E-state index is 12.4. The fourth-order valence-electron chi connectivity index (χ4n) is 3.53. The van der Waals surface area contributed by atoms with Crippen LogP contribution in [0.4, 0.5) is 0 Å². The van der Waals surface area contributed by atoms with Gasteiger partial charge in [-0.05, 0) is 32.1 Å². The predicted molar refractivity (Wildman–Crippen MR) is 80.5 cm³/mol. The number of aryl methyl sites for hydroxylation is 1. The topological polar surface area (TPSA) is 72.2 Å². The summed E-state index contributed by atoms with van der Waals surface area (Å²) < 4.78 is 1.74. The molecule has 0 amide bonds. The van der Waals surface area contributed by atoms with Gasteiger partial charge in [0, 0.05) is 23.0 Å². The number of rotatable bonds is 3. The van der Waals surface area contributed by atoms with Gasteiger partial charge >= 0.3 is 11.7 Å². The molecule has 1 saturated carbocycles. The van der Waals surface area contributed by atoms with Gasteiger partial charge in [-0.25, -0.2) is 4.79 Å². The predicted octanol–water partition coefficient (Wildman–Crippen LogP) is 2.48. The van der Waals surface area contributed by atoms with Crippen LogP contribution in [0.1, 0.15) is 56.1 Å². The molecule has 0 aromatic carbocycles. The summed E-state index contributed by atoms with van der Waals surface area (Å²) in [6.07, 6.45) is 3.17. The molecule has 0 bridgehead atoms. The van der Waals surface area contributed by atoms with Crippen LogP contribution in [-0.4, -0.2) is 20.6 Å². The summed E-state index contributed by atoms with van der Waals surface area (Å²) in [5.74, 6) is 0.0786. The lowest BCUT2D eigenvalue weighted by atomic mass is 9.77. The Morgan fingerprint density at radius 1 is 1.33 bits per heavy atom. The van der Waals surface area contributed by atoms with Gasteiger partial charge in [0.05, 0.1) is 6.42 Å². The molecular formula is C16H24N2O3.